The summed E-state index contributed by atoms with van der Waals surface area (Å²) < 4.78 is 26.0. The van der Waals surface area contributed by atoms with Gasteiger partial charge in [-0.05, 0) is 55.7 Å². The number of fused-ring (bicyclic) bond motifs is 2. The lowest BCUT2D eigenvalue weighted by Crippen LogP contribution is -2.42. The van der Waals surface area contributed by atoms with E-state index in [2.05, 4.69) is 5.32 Å². The van der Waals surface area contributed by atoms with E-state index in [-0.39, 0.29) is 35.2 Å². The maximum absolute atomic E-state index is 12.6. The molecule has 4 unspecified atom stereocenters. The molecule has 25 heavy (non-hydrogen) atoms. The summed E-state index contributed by atoms with van der Waals surface area (Å²) in [7, 11) is -0.558. The molecule has 0 heterocycles. The number of hydrogen-bond acceptors (Lipinski definition) is 4. The number of amides is 1. The number of anilines is 1. The zero-order chi connectivity index (χ0) is 17.6. The van der Waals surface area contributed by atoms with Gasteiger partial charge in [-0.1, -0.05) is 6.07 Å². The lowest BCUT2D eigenvalue weighted by atomic mass is 9.84. The summed E-state index contributed by atoms with van der Waals surface area (Å²) in [6.45, 7) is 1.74. The van der Waals surface area contributed by atoms with Gasteiger partial charge in [-0.2, -0.15) is 0 Å². The van der Waals surface area contributed by atoms with Gasteiger partial charge in [0.2, 0.25) is 15.9 Å². The van der Waals surface area contributed by atoms with E-state index in [1.807, 2.05) is 0 Å². The predicted octanol–water partition coefficient (Wildman–Crippen LogP) is 1.98. The molecule has 1 aromatic rings. The maximum Gasteiger partial charge on any atom is 0.242 e. The van der Waals surface area contributed by atoms with Gasteiger partial charge in [-0.25, -0.2) is 12.7 Å². The fraction of sp³-hybridized carbons (Fsp3) is 0.588. The molecule has 1 amide bonds. The smallest absolute Gasteiger partial charge is 0.242 e. The normalized spacial score (nSPS) is 28.0. The molecule has 6 nitrogen and oxygen atoms in total. The monoisotopic (exact) mass is 387 g/mol. The molecule has 0 radical (unpaired) electrons. The van der Waals surface area contributed by atoms with E-state index in [0.29, 0.717) is 23.1 Å². The standard InChI is InChI=1S/C17H25N3O3S.ClH/c1-10-4-7-13(9-14(10)24(22,23)20(2)3)19-17(21)15-11-5-6-12(8-11)16(15)18;/h4,7,9,11-12,15-16H,5-6,8,18H2,1-3H3,(H,19,21);1H. The van der Waals surface area contributed by atoms with Gasteiger partial charge in [0, 0.05) is 25.8 Å². The number of nitrogens with zero attached hydrogens (tertiary/aromatic N) is 1. The Morgan fingerprint density at radius 2 is 1.88 bits per heavy atom. The highest BCUT2D eigenvalue weighted by Crippen LogP contribution is 2.47. The Labute approximate surface area is 155 Å². The van der Waals surface area contributed by atoms with Gasteiger partial charge in [0.15, 0.2) is 0 Å². The van der Waals surface area contributed by atoms with Crippen LogP contribution in [0.5, 0.6) is 0 Å². The van der Waals surface area contributed by atoms with Crippen LogP contribution in [0.4, 0.5) is 5.69 Å². The van der Waals surface area contributed by atoms with Crippen LogP contribution in [-0.4, -0.2) is 38.8 Å². The Morgan fingerprint density at radius 3 is 2.44 bits per heavy atom. The van der Waals surface area contributed by atoms with Crippen molar-refractivity contribution in [1.29, 1.82) is 0 Å². The van der Waals surface area contributed by atoms with Crippen molar-refractivity contribution in [3.8, 4) is 0 Å². The summed E-state index contributed by atoms with van der Waals surface area (Å²) in [6.07, 6.45) is 3.21. The van der Waals surface area contributed by atoms with E-state index in [9.17, 15) is 13.2 Å². The van der Waals surface area contributed by atoms with Crippen LogP contribution in [0.1, 0.15) is 24.8 Å². The third-order valence-corrected chi connectivity index (χ3v) is 7.45. The Morgan fingerprint density at radius 1 is 1.24 bits per heavy atom. The van der Waals surface area contributed by atoms with Crippen molar-refractivity contribution in [2.45, 2.75) is 37.1 Å². The molecule has 2 bridgehead atoms. The van der Waals surface area contributed by atoms with E-state index in [1.54, 1.807) is 19.1 Å². The molecule has 2 aliphatic rings. The summed E-state index contributed by atoms with van der Waals surface area (Å²) >= 11 is 0. The third-order valence-electron chi connectivity index (χ3n) is 5.50. The van der Waals surface area contributed by atoms with Crippen molar-refractivity contribution in [2.75, 3.05) is 19.4 Å². The van der Waals surface area contributed by atoms with Gasteiger partial charge in [0.05, 0.1) is 10.8 Å². The van der Waals surface area contributed by atoms with Gasteiger partial charge < -0.3 is 11.1 Å². The second-order valence-corrected chi connectivity index (χ2v) is 9.31. The summed E-state index contributed by atoms with van der Waals surface area (Å²) in [5, 5.41) is 2.88. The average Bonchev–Trinajstić information content (AvgIpc) is 3.09. The number of hydrogen-bond donors (Lipinski definition) is 2. The Kier molecular flexibility index (Phi) is 5.83. The molecule has 0 spiro atoms. The molecule has 2 saturated carbocycles. The number of carbonyl (C=O) groups is 1. The average molecular weight is 388 g/mol. The molecule has 1 aromatic carbocycles. The quantitative estimate of drug-likeness (QED) is 0.826. The molecule has 140 valence electrons. The van der Waals surface area contributed by atoms with E-state index < -0.39 is 10.0 Å². The van der Waals surface area contributed by atoms with Crippen molar-refractivity contribution in [3.63, 3.8) is 0 Å². The van der Waals surface area contributed by atoms with Crippen molar-refractivity contribution in [1.82, 2.24) is 4.31 Å². The number of sulfonamides is 1. The van der Waals surface area contributed by atoms with Gasteiger partial charge in [0.1, 0.15) is 0 Å². The topological polar surface area (TPSA) is 92.5 Å². The molecule has 2 fully saturated rings. The van der Waals surface area contributed by atoms with Crippen molar-refractivity contribution in [3.05, 3.63) is 23.8 Å². The second kappa shape index (κ2) is 7.23. The maximum atomic E-state index is 12.6. The molecule has 4 atom stereocenters. The lowest BCUT2D eigenvalue weighted by Gasteiger charge is -2.27. The number of halogens is 1. The predicted molar refractivity (Wildman–Crippen MR) is 100 cm³/mol. The van der Waals surface area contributed by atoms with Crippen LogP contribution in [0, 0.1) is 24.7 Å². The van der Waals surface area contributed by atoms with Gasteiger partial charge >= 0.3 is 0 Å². The fourth-order valence-corrected chi connectivity index (χ4v) is 5.25. The SMILES string of the molecule is Cc1ccc(NC(=O)C2C3CCC(C3)C2N)cc1S(=O)(=O)N(C)C.Cl. The van der Waals surface area contributed by atoms with Crippen molar-refractivity contribution >= 4 is 34.0 Å². The second-order valence-electron chi connectivity index (χ2n) is 7.19. The number of carbonyl (C=O) groups excluding carboxylic acids is 1. The highest BCUT2D eigenvalue weighted by Gasteiger charge is 2.49. The fourth-order valence-electron chi connectivity index (χ4n) is 4.10. The van der Waals surface area contributed by atoms with Crippen LogP contribution >= 0.6 is 12.4 Å². The molecule has 3 rings (SSSR count). The summed E-state index contributed by atoms with van der Waals surface area (Å²) in [5.74, 6) is 0.555. The van der Waals surface area contributed by atoms with E-state index in [0.717, 1.165) is 19.3 Å². The first kappa shape index (κ1) is 20.2. The van der Waals surface area contributed by atoms with Crippen LogP contribution in [0.2, 0.25) is 0 Å². The molecule has 3 N–H and O–H groups in total. The highest BCUT2D eigenvalue weighted by molar-refractivity contribution is 7.89. The molecular weight excluding hydrogens is 362 g/mol. The molecule has 0 aromatic heterocycles. The lowest BCUT2D eigenvalue weighted by molar-refractivity contribution is -0.121. The van der Waals surface area contributed by atoms with Gasteiger partial charge in [-0.15, -0.1) is 12.4 Å². The van der Waals surface area contributed by atoms with E-state index >= 15 is 0 Å². The zero-order valence-electron chi connectivity index (χ0n) is 14.7. The largest absolute Gasteiger partial charge is 0.327 e. The molecule has 8 heteroatoms. The molecule has 0 saturated heterocycles. The zero-order valence-corrected chi connectivity index (χ0v) is 16.4. The number of aryl methyl sites for hydroxylation is 1. The summed E-state index contributed by atoms with van der Waals surface area (Å²) in [6, 6.07) is 4.90. The van der Waals surface area contributed by atoms with Crippen molar-refractivity contribution in [2.24, 2.45) is 23.5 Å². The van der Waals surface area contributed by atoms with Crippen LogP contribution in [0.3, 0.4) is 0 Å². The minimum atomic E-state index is -3.55. The molecule has 0 aliphatic heterocycles. The Bertz CT molecular complexity index is 764. The van der Waals surface area contributed by atoms with E-state index in [1.165, 1.54) is 24.5 Å². The number of benzene rings is 1. The van der Waals surface area contributed by atoms with Crippen LogP contribution in [0.15, 0.2) is 23.1 Å². The van der Waals surface area contributed by atoms with Gasteiger partial charge in [-0.3, -0.25) is 4.79 Å². The molecule has 2 aliphatic carbocycles. The minimum absolute atomic E-state index is 0. The first-order valence-electron chi connectivity index (χ1n) is 8.31. The van der Waals surface area contributed by atoms with E-state index in [4.69, 9.17) is 5.73 Å². The first-order valence-corrected chi connectivity index (χ1v) is 9.75. The number of nitrogens with two attached hydrogens (primary N) is 1. The van der Waals surface area contributed by atoms with Crippen molar-refractivity contribution < 1.29 is 13.2 Å². The number of nitrogens with one attached hydrogen (secondary N) is 1. The highest BCUT2D eigenvalue weighted by atomic mass is 35.5. The Hall–Kier alpha value is -1.15. The minimum Gasteiger partial charge on any atom is -0.327 e. The first-order chi connectivity index (χ1) is 11.2. The number of rotatable bonds is 4. The summed E-state index contributed by atoms with van der Waals surface area (Å²) in [4.78, 5) is 12.9. The van der Waals surface area contributed by atoms with Gasteiger partial charge in [0.25, 0.3) is 0 Å². The molecular formula is C17H26ClN3O3S. The van der Waals surface area contributed by atoms with Crippen LogP contribution < -0.4 is 11.1 Å². The van der Waals surface area contributed by atoms with Crippen LogP contribution in [-0.2, 0) is 14.8 Å². The third kappa shape index (κ3) is 3.56. The summed E-state index contributed by atoms with van der Waals surface area (Å²) in [5.41, 5.74) is 7.37. The Balaban J connectivity index is 0.00000225. The van der Waals surface area contributed by atoms with Crippen LogP contribution in [0.25, 0.3) is 0 Å².